The van der Waals surface area contributed by atoms with E-state index in [1.165, 1.54) is 70.6 Å². The van der Waals surface area contributed by atoms with E-state index in [1.54, 1.807) is 0 Å². The average molecular weight is 306 g/mol. The summed E-state index contributed by atoms with van der Waals surface area (Å²) in [6, 6.07) is 0. The third-order valence-corrected chi connectivity index (χ3v) is 4.54. The summed E-state index contributed by atoms with van der Waals surface area (Å²) in [7, 11) is -3.99. The van der Waals surface area contributed by atoms with Crippen molar-refractivity contribution in [3.05, 3.63) is 0 Å². The molecule has 0 amide bonds. The number of rotatable bonds is 15. The highest BCUT2D eigenvalue weighted by atomic mass is 32.2. The van der Waals surface area contributed by atoms with Crippen LogP contribution in [0.2, 0.25) is 0 Å². The summed E-state index contributed by atoms with van der Waals surface area (Å²) in [4.78, 5) is 0. The van der Waals surface area contributed by atoms with Crippen LogP contribution >= 0.6 is 0 Å². The van der Waals surface area contributed by atoms with Crippen LogP contribution in [0.4, 0.5) is 0 Å². The molecule has 0 aromatic rings. The first-order valence-corrected chi connectivity index (χ1v) is 10.1. The number of hydrogen-bond donors (Lipinski definition) is 0. The van der Waals surface area contributed by atoms with Crippen LogP contribution in [0.3, 0.4) is 0 Å². The van der Waals surface area contributed by atoms with Crippen molar-refractivity contribution in [2.45, 2.75) is 96.8 Å². The molecule has 0 unspecified atom stereocenters. The second-order valence-corrected chi connectivity index (χ2v) is 7.38. The normalized spacial score (nSPS) is 11.9. The highest BCUT2D eigenvalue weighted by molar-refractivity contribution is 7.85. The fourth-order valence-corrected chi connectivity index (χ4v) is 3.03. The Bertz CT molecular complexity index is 286. The minimum absolute atomic E-state index is 0.189. The maximum Gasteiger partial charge on any atom is 0.294 e. The molecular weight excluding hydrogens is 272 g/mol. The van der Waals surface area contributed by atoms with Gasteiger partial charge in [-0.05, 0) is 6.42 Å². The van der Waals surface area contributed by atoms with Gasteiger partial charge >= 0.3 is 0 Å². The molecule has 121 valence electrons. The molecule has 1 radical (unpaired) electrons. The van der Waals surface area contributed by atoms with Crippen molar-refractivity contribution in [2.24, 2.45) is 0 Å². The molecule has 0 N–H and O–H groups in total. The van der Waals surface area contributed by atoms with E-state index in [0.29, 0.717) is 6.42 Å². The molecule has 0 aromatic carbocycles. The van der Waals surface area contributed by atoms with Crippen LogP contribution in [0.25, 0.3) is 0 Å². The lowest BCUT2D eigenvalue weighted by molar-refractivity contribution is 0.412. The minimum Gasteiger partial charge on any atom is -0.197 e. The van der Waals surface area contributed by atoms with Gasteiger partial charge in [0, 0.05) is 0 Å². The molecule has 0 aliphatic heterocycles. The average Bonchev–Trinajstić information content (AvgIpc) is 2.38. The fraction of sp³-hybridized carbons (Fsp3) is 1.00. The largest absolute Gasteiger partial charge is 0.294 e. The van der Waals surface area contributed by atoms with Crippen molar-refractivity contribution in [3.8, 4) is 0 Å². The van der Waals surface area contributed by atoms with Crippen molar-refractivity contribution in [1.82, 2.24) is 0 Å². The summed E-state index contributed by atoms with van der Waals surface area (Å²) in [5.74, 6) is -0.189. The maximum atomic E-state index is 10.4. The second-order valence-electron chi connectivity index (χ2n) is 5.86. The zero-order valence-electron chi connectivity index (χ0n) is 13.2. The van der Waals surface area contributed by atoms with E-state index >= 15 is 0 Å². The smallest absolute Gasteiger partial charge is 0.197 e. The molecule has 0 aromatic heterocycles. The molecule has 0 aliphatic carbocycles. The summed E-state index contributed by atoms with van der Waals surface area (Å²) in [6.45, 7) is 2.25. The fourth-order valence-electron chi connectivity index (χ4n) is 2.47. The highest BCUT2D eigenvalue weighted by Crippen LogP contribution is 2.13. The third kappa shape index (κ3) is 17.9. The predicted octanol–water partition coefficient (Wildman–Crippen LogP) is 5.23. The van der Waals surface area contributed by atoms with Crippen LogP contribution in [0.15, 0.2) is 0 Å². The van der Waals surface area contributed by atoms with Crippen LogP contribution in [-0.4, -0.2) is 14.2 Å². The molecule has 0 saturated heterocycles. The molecule has 0 spiro atoms. The molecule has 0 atom stereocenters. The number of unbranched alkanes of at least 4 members (excludes halogenated alkanes) is 13. The van der Waals surface area contributed by atoms with Gasteiger partial charge in [-0.1, -0.05) is 94.9 Å². The minimum atomic E-state index is -3.99. The van der Waals surface area contributed by atoms with Gasteiger partial charge in [-0.3, -0.25) is 0 Å². The van der Waals surface area contributed by atoms with Gasteiger partial charge in [0.15, 0.2) is 0 Å². The standard InChI is InChI=1S/C16H33O3S/c1-2-3-4-5-6-7-8-9-10-11-12-13-14-15-16-20(17,18)19/h2-16H2,1H3. The Morgan fingerprint density at radius 1 is 0.550 bits per heavy atom. The van der Waals surface area contributed by atoms with Crippen molar-refractivity contribution >= 4 is 10.1 Å². The lowest BCUT2D eigenvalue weighted by atomic mass is 10.0. The molecule has 0 rings (SSSR count). The quantitative estimate of drug-likeness (QED) is 0.389. The molecule has 0 heterocycles. The van der Waals surface area contributed by atoms with Gasteiger partial charge in [-0.15, -0.1) is 0 Å². The van der Waals surface area contributed by atoms with Crippen LogP contribution in [0, 0.1) is 0 Å². The van der Waals surface area contributed by atoms with Gasteiger partial charge in [-0.2, -0.15) is 8.42 Å². The SMILES string of the molecule is CCCCCCCCCCCCCCCCS([O])(=O)=O. The van der Waals surface area contributed by atoms with E-state index in [2.05, 4.69) is 6.92 Å². The first-order chi connectivity index (χ1) is 9.56. The zero-order chi connectivity index (χ0) is 15.1. The van der Waals surface area contributed by atoms with Gasteiger partial charge in [0.2, 0.25) is 0 Å². The van der Waals surface area contributed by atoms with Crippen molar-refractivity contribution in [3.63, 3.8) is 0 Å². The highest BCUT2D eigenvalue weighted by Gasteiger charge is 2.04. The molecule has 0 bridgehead atoms. The van der Waals surface area contributed by atoms with Gasteiger partial charge in [-0.25, -0.2) is 0 Å². The summed E-state index contributed by atoms with van der Waals surface area (Å²) >= 11 is 0. The topological polar surface area (TPSA) is 54.0 Å². The summed E-state index contributed by atoms with van der Waals surface area (Å²) in [5.41, 5.74) is 0. The Morgan fingerprint density at radius 2 is 0.850 bits per heavy atom. The molecule has 0 saturated carbocycles. The van der Waals surface area contributed by atoms with E-state index in [0.717, 1.165) is 12.8 Å². The first kappa shape index (κ1) is 19.9. The maximum absolute atomic E-state index is 10.4. The van der Waals surface area contributed by atoms with Gasteiger partial charge in [0.05, 0.1) is 5.75 Å². The lowest BCUT2D eigenvalue weighted by Gasteiger charge is -2.02. The summed E-state index contributed by atoms with van der Waals surface area (Å²) < 4.78 is 31.2. The van der Waals surface area contributed by atoms with Crippen molar-refractivity contribution in [1.29, 1.82) is 0 Å². The first-order valence-electron chi connectivity index (χ1n) is 8.50. The Labute approximate surface area is 126 Å². The Morgan fingerprint density at radius 3 is 1.15 bits per heavy atom. The third-order valence-electron chi connectivity index (χ3n) is 3.75. The second kappa shape index (κ2) is 13.9. The molecule has 3 nitrogen and oxygen atoms in total. The Kier molecular flexibility index (Phi) is 13.8. The van der Waals surface area contributed by atoms with Crippen LogP contribution in [0.5, 0.6) is 0 Å². The molecule has 0 aliphatic rings. The van der Waals surface area contributed by atoms with E-state index in [9.17, 15) is 13.0 Å². The van der Waals surface area contributed by atoms with Crippen LogP contribution in [-0.2, 0) is 14.7 Å². The Balaban J connectivity index is 3.03. The monoisotopic (exact) mass is 305 g/mol. The van der Waals surface area contributed by atoms with Gasteiger partial charge in [0.25, 0.3) is 10.1 Å². The summed E-state index contributed by atoms with van der Waals surface area (Å²) in [6.07, 6.45) is 17.2. The van der Waals surface area contributed by atoms with Crippen LogP contribution < -0.4 is 0 Å². The van der Waals surface area contributed by atoms with Crippen molar-refractivity contribution in [2.75, 3.05) is 5.75 Å². The van der Waals surface area contributed by atoms with E-state index in [-0.39, 0.29) is 5.75 Å². The predicted molar refractivity (Wildman–Crippen MR) is 84.8 cm³/mol. The zero-order valence-corrected chi connectivity index (χ0v) is 14.1. The van der Waals surface area contributed by atoms with E-state index in [1.807, 2.05) is 0 Å². The van der Waals surface area contributed by atoms with Crippen LogP contribution in [0.1, 0.15) is 96.8 Å². The Hall–Kier alpha value is -0.0900. The van der Waals surface area contributed by atoms with Gasteiger partial charge in [0.1, 0.15) is 0 Å². The molecular formula is C16H33O3S. The van der Waals surface area contributed by atoms with Crippen molar-refractivity contribution < 1.29 is 13.0 Å². The van der Waals surface area contributed by atoms with Gasteiger partial charge < -0.3 is 0 Å². The van der Waals surface area contributed by atoms with E-state index in [4.69, 9.17) is 0 Å². The molecule has 20 heavy (non-hydrogen) atoms. The summed E-state index contributed by atoms with van der Waals surface area (Å²) in [5, 5.41) is 0. The van der Waals surface area contributed by atoms with E-state index < -0.39 is 10.1 Å². The number of hydrogen-bond acceptors (Lipinski definition) is 2. The molecule has 0 fully saturated rings. The lowest BCUT2D eigenvalue weighted by Crippen LogP contribution is -2.01. The molecule has 4 heteroatoms.